The van der Waals surface area contributed by atoms with Crippen LogP contribution < -0.4 is 13.8 Å². The van der Waals surface area contributed by atoms with E-state index in [0.717, 1.165) is 24.3 Å². The van der Waals surface area contributed by atoms with E-state index in [1.54, 1.807) is 0 Å². The summed E-state index contributed by atoms with van der Waals surface area (Å²) in [5.41, 5.74) is -0.472. The molecule has 0 heterocycles. The molecule has 0 bridgehead atoms. The standard InChI is InChI=1S/C26H21AsF10O3/c28-23(29)26(36,37)40-21-9-2-4-16(11-21)13-27(14-22(38)25(33,34)35)19-7-3-8-20(12-19)39-15-17-5-1-6-18(10-17)24(30,31)32/h1-12,22-23,38H,13-15H2. The topological polar surface area (TPSA) is 38.7 Å². The molecule has 0 radical (unpaired) electrons. The van der Waals surface area contributed by atoms with Gasteiger partial charge in [-0.2, -0.15) is 0 Å². The molecule has 2 atom stereocenters. The van der Waals surface area contributed by atoms with Crippen molar-refractivity contribution in [1.82, 2.24) is 0 Å². The summed E-state index contributed by atoms with van der Waals surface area (Å²) in [4.78, 5) is 0. The molecular weight excluding hydrogens is 625 g/mol. The first-order chi connectivity index (χ1) is 18.5. The molecule has 0 fully saturated rings. The van der Waals surface area contributed by atoms with Crippen LogP contribution >= 0.6 is 0 Å². The Hall–Kier alpha value is -2.92. The Morgan fingerprint density at radius 1 is 0.750 bits per heavy atom. The molecule has 218 valence electrons. The van der Waals surface area contributed by atoms with Gasteiger partial charge in [0, 0.05) is 0 Å². The van der Waals surface area contributed by atoms with E-state index in [1.165, 1.54) is 48.5 Å². The van der Waals surface area contributed by atoms with Crippen LogP contribution in [0.4, 0.5) is 43.9 Å². The number of halogens is 10. The van der Waals surface area contributed by atoms with Gasteiger partial charge in [0.05, 0.1) is 0 Å². The molecule has 3 aromatic carbocycles. The minimum absolute atomic E-state index is 0.103. The summed E-state index contributed by atoms with van der Waals surface area (Å²) in [5, 5.41) is 8.95. The van der Waals surface area contributed by atoms with E-state index in [9.17, 15) is 49.0 Å². The molecule has 14 heteroatoms. The SMILES string of the molecule is OC(C[As](Cc1cccc(OC(F)(F)C(F)F)c1)c1cccc(OCc2cccc(C(F)(F)F)c2)c1)C(F)(F)F. The third kappa shape index (κ3) is 9.05. The second-order valence-electron chi connectivity index (χ2n) is 8.53. The maximum absolute atomic E-state index is 13.3. The number of rotatable bonds is 11. The maximum atomic E-state index is 13.3. The third-order valence-electron chi connectivity index (χ3n) is 5.39. The summed E-state index contributed by atoms with van der Waals surface area (Å²) in [6.07, 6.45) is -21.1. The molecule has 3 aromatic rings. The van der Waals surface area contributed by atoms with Crippen LogP contribution in [0.5, 0.6) is 11.5 Å². The van der Waals surface area contributed by atoms with Crippen LogP contribution in [-0.4, -0.2) is 44.6 Å². The van der Waals surface area contributed by atoms with Crippen LogP contribution in [0.1, 0.15) is 16.7 Å². The molecule has 0 aliphatic rings. The fraction of sp³-hybridized carbons (Fsp3) is 0.308. The molecular formula is C26H21AsF10O3. The Morgan fingerprint density at radius 3 is 2.02 bits per heavy atom. The van der Waals surface area contributed by atoms with Gasteiger partial charge in [-0.15, -0.1) is 0 Å². The van der Waals surface area contributed by atoms with E-state index in [0.29, 0.717) is 4.35 Å². The average Bonchev–Trinajstić information content (AvgIpc) is 2.86. The summed E-state index contributed by atoms with van der Waals surface area (Å²) >= 11 is -2.90. The fourth-order valence-corrected chi connectivity index (χ4v) is 8.49. The predicted octanol–water partition coefficient (Wildman–Crippen LogP) is 6.93. The van der Waals surface area contributed by atoms with E-state index in [-0.39, 0.29) is 28.7 Å². The van der Waals surface area contributed by atoms with E-state index in [1.807, 2.05) is 0 Å². The van der Waals surface area contributed by atoms with E-state index >= 15 is 0 Å². The van der Waals surface area contributed by atoms with Crippen molar-refractivity contribution in [3.63, 3.8) is 0 Å². The number of aliphatic hydroxyl groups excluding tert-OH is 1. The van der Waals surface area contributed by atoms with E-state index in [4.69, 9.17) is 4.74 Å². The number of benzene rings is 3. The third-order valence-corrected chi connectivity index (χ3v) is 10.7. The summed E-state index contributed by atoms with van der Waals surface area (Å²) < 4.78 is 140. The number of aliphatic hydroxyl groups is 1. The van der Waals surface area contributed by atoms with Gasteiger partial charge < -0.3 is 0 Å². The molecule has 1 N–H and O–H groups in total. The number of hydrogen-bond acceptors (Lipinski definition) is 3. The molecule has 0 saturated carbocycles. The van der Waals surface area contributed by atoms with Crippen LogP contribution in [0, 0.1) is 0 Å². The Labute approximate surface area is 226 Å². The van der Waals surface area contributed by atoms with Crippen molar-refractivity contribution in [2.24, 2.45) is 0 Å². The molecule has 3 nitrogen and oxygen atoms in total. The van der Waals surface area contributed by atoms with E-state index < -0.39 is 62.2 Å². The minimum atomic E-state index is -4.94. The van der Waals surface area contributed by atoms with Gasteiger partial charge in [-0.25, -0.2) is 0 Å². The first-order valence-corrected chi connectivity index (χ1v) is 15.0. The van der Waals surface area contributed by atoms with Crippen LogP contribution in [-0.2, 0) is 18.0 Å². The summed E-state index contributed by atoms with van der Waals surface area (Å²) in [5.74, 6) is -0.476. The predicted molar refractivity (Wildman–Crippen MR) is 126 cm³/mol. The van der Waals surface area contributed by atoms with Gasteiger partial charge in [0.2, 0.25) is 0 Å². The van der Waals surface area contributed by atoms with Crippen LogP contribution in [0.2, 0.25) is 5.21 Å². The number of ether oxygens (including phenoxy) is 2. The van der Waals surface area contributed by atoms with E-state index in [2.05, 4.69) is 4.74 Å². The van der Waals surface area contributed by atoms with Crippen molar-refractivity contribution in [3.8, 4) is 11.5 Å². The molecule has 0 saturated heterocycles. The molecule has 0 spiro atoms. The fourth-order valence-electron chi connectivity index (χ4n) is 3.48. The van der Waals surface area contributed by atoms with Crippen molar-refractivity contribution >= 4 is 19.0 Å². The van der Waals surface area contributed by atoms with Crippen molar-refractivity contribution in [3.05, 3.63) is 89.5 Å². The summed E-state index contributed by atoms with van der Waals surface area (Å²) in [6.45, 7) is -0.275. The summed E-state index contributed by atoms with van der Waals surface area (Å²) in [6, 6.07) is 14.8. The zero-order valence-electron chi connectivity index (χ0n) is 20.2. The molecule has 0 aromatic heterocycles. The monoisotopic (exact) mass is 646 g/mol. The number of alkyl halides is 10. The Kier molecular flexibility index (Phi) is 10.0. The van der Waals surface area contributed by atoms with Gasteiger partial charge in [0.1, 0.15) is 0 Å². The van der Waals surface area contributed by atoms with Gasteiger partial charge in [-0.3, -0.25) is 0 Å². The van der Waals surface area contributed by atoms with Crippen molar-refractivity contribution in [1.29, 1.82) is 0 Å². The number of hydrogen-bond donors (Lipinski definition) is 1. The van der Waals surface area contributed by atoms with Crippen molar-refractivity contribution in [2.75, 3.05) is 0 Å². The Bertz CT molecular complexity index is 1260. The van der Waals surface area contributed by atoms with Crippen LogP contribution in [0.15, 0.2) is 72.8 Å². The molecule has 2 unspecified atom stereocenters. The van der Waals surface area contributed by atoms with Gasteiger partial charge in [-0.1, -0.05) is 0 Å². The zero-order valence-corrected chi connectivity index (χ0v) is 22.1. The zero-order chi connectivity index (χ0) is 29.7. The van der Waals surface area contributed by atoms with Crippen LogP contribution in [0.3, 0.4) is 0 Å². The first-order valence-electron chi connectivity index (χ1n) is 11.4. The van der Waals surface area contributed by atoms with Crippen LogP contribution in [0.25, 0.3) is 0 Å². The van der Waals surface area contributed by atoms with Gasteiger partial charge in [0.25, 0.3) is 0 Å². The Morgan fingerprint density at radius 2 is 1.38 bits per heavy atom. The quantitative estimate of drug-likeness (QED) is 0.182. The second kappa shape index (κ2) is 12.7. The first kappa shape index (κ1) is 31.6. The molecule has 3 rings (SSSR count). The summed E-state index contributed by atoms with van der Waals surface area (Å²) in [7, 11) is 0. The molecule has 0 aliphatic carbocycles. The Balaban J connectivity index is 1.84. The van der Waals surface area contributed by atoms with Gasteiger partial charge in [0.15, 0.2) is 0 Å². The molecule has 0 aliphatic heterocycles. The average molecular weight is 646 g/mol. The van der Waals surface area contributed by atoms with Gasteiger partial charge in [-0.05, 0) is 0 Å². The van der Waals surface area contributed by atoms with Crippen molar-refractivity contribution < 1.29 is 58.5 Å². The molecule has 40 heavy (non-hydrogen) atoms. The second-order valence-corrected chi connectivity index (χ2v) is 13.3. The van der Waals surface area contributed by atoms with Crippen molar-refractivity contribution in [2.45, 2.75) is 48.0 Å². The van der Waals surface area contributed by atoms with Gasteiger partial charge >= 0.3 is 226 Å². The normalized spacial score (nSPS) is 14.2. The molecule has 0 amide bonds.